The molecule has 6 heteroatoms. The summed E-state index contributed by atoms with van der Waals surface area (Å²) in [6.07, 6.45) is 2.22. The van der Waals surface area contributed by atoms with Gasteiger partial charge in [0.15, 0.2) is 0 Å². The van der Waals surface area contributed by atoms with Gasteiger partial charge in [0, 0.05) is 5.92 Å². The van der Waals surface area contributed by atoms with Gasteiger partial charge >= 0.3 is 0 Å². The quantitative estimate of drug-likeness (QED) is 0.893. The second-order valence-electron chi connectivity index (χ2n) is 4.25. The third-order valence-corrected chi connectivity index (χ3v) is 3.12. The van der Waals surface area contributed by atoms with Gasteiger partial charge in [-0.25, -0.2) is 4.98 Å². The SMILES string of the molecule is O=C(Nc1ccccc1Cl)c1n[nH]c(C2CC2)n1. The second-order valence-corrected chi connectivity index (χ2v) is 4.66. The molecule has 1 aliphatic rings. The molecule has 1 heterocycles. The van der Waals surface area contributed by atoms with Crippen LogP contribution in [0.25, 0.3) is 0 Å². The summed E-state index contributed by atoms with van der Waals surface area (Å²) >= 11 is 5.96. The molecule has 1 fully saturated rings. The van der Waals surface area contributed by atoms with E-state index in [0.29, 0.717) is 16.6 Å². The van der Waals surface area contributed by atoms with Crippen LogP contribution >= 0.6 is 11.6 Å². The molecule has 1 saturated carbocycles. The van der Waals surface area contributed by atoms with Crippen molar-refractivity contribution in [1.29, 1.82) is 0 Å². The molecule has 0 atom stereocenters. The smallest absolute Gasteiger partial charge is 0.295 e. The molecule has 92 valence electrons. The summed E-state index contributed by atoms with van der Waals surface area (Å²) in [7, 11) is 0. The molecule has 2 aromatic rings. The molecule has 0 bridgehead atoms. The van der Waals surface area contributed by atoms with E-state index >= 15 is 0 Å². The lowest BCUT2D eigenvalue weighted by atomic mass is 10.3. The summed E-state index contributed by atoms with van der Waals surface area (Å²) in [5.41, 5.74) is 0.557. The van der Waals surface area contributed by atoms with Crippen LogP contribution < -0.4 is 5.32 Å². The van der Waals surface area contributed by atoms with Crippen molar-refractivity contribution >= 4 is 23.2 Å². The van der Waals surface area contributed by atoms with E-state index in [4.69, 9.17) is 11.6 Å². The Hall–Kier alpha value is -1.88. The van der Waals surface area contributed by atoms with Crippen LogP contribution in [-0.2, 0) is 0 Å². The van der Waals surface area contributed by atoms with Crippen LogP contribution in [0.1, 0.15) is 35.2 Å². The molecule has 3 rings (SSSR count). The summed E-state index contributed by atoms with van der Waals surface area (Å²) in [6.45, 7) is 0. The maximum absolute atomic E-state index is 11.9. The third kappa shape index (κ3) is 2.22. The molecular formula is C12H11ClN4O. The number of H-pyrrole nitrogens is 1. The predicted molar refractivity (Wildman–Crippen MR) is 67.8 cm³/mol. The number of amides is 1. The summed E-state index contributed by atoms with van der Waals surface area (Å²) in [5, 5.41) is 9.88. The Balaban J connectivity index is 1.76. The summed E-state index contributed by atoms with van der Waals surface area (Å²) in [5.74, 6) is 1.03. The number of para-hydroxylation sites is 1. The first-order chi connectivity index (χ1) is 8.74. The molecule has 0 radical (unpaired) electrons. The fraction of sp³-hybridized carbons (Fsp3) is 0.250. The zero-order chi connectivity index (χ0) is 12.5. The van der Waals surface area contributed by atoms with Crippen molar-refractivity contribution in [3.63, 3.8) is 0 Å². The number of carbonyl (C=O) groups is 1. The van der Waals surface area contributed by atoms with Crippen molar-refractivity contribution in [2.45, 2.75) is 18.8 Å². The fourth-order valence-electron chi connectivity index (χ4n) is 1.66. The van der Waals surface area contributed by atoms with Gasteiger partial charge in [0.2, 0.25) is 5.82 Å². The van der Waals surface area contributed by atoms with E-state index in [0.717, 1.165) is 18.7 Å². The topological polar surface area (TPSA) is 70.7 Å². The Morgan fingerprint density at radius 2 is 2.17 bits per heavy atom. The van der Waals surface area contributed by atoms with Crippen LogP contribution in [0.3, 0.4) is 0 Å². The zero-order valence-electron chi connectivity index (χ0n) is 9.48. The highest BCUT2D eigenvalue weighted by molar-refractivity contribution is 6.33. The zero-order valence-corrected chi connectivity index (χ0v) is 10.2. The Kier molecular flexibility index (Phi) is 2.76. The van der Waals surface area contributed by atoms with Crippen LogP contribution in [0.15, 0.2) is 24.3 Å². The van der Waals surface area contributed by atoms with E-state index in [2.05, 4.69) is 20.5 Å². The highest BCUT2D eigenvalue weighted by atomic mass is 35.5. The van der Waals surface area contributed by atoms with E-state index in [1.54, 1.807) is 24.3 Å². The number of halogens is 1. The number of aromatic nitrogens is 3. The second kappa shape index (κ2) is 4.42. The van der Waals surface area contributed by atoms with Gasteiger partial charge in [0.1, 0.15) is 5.82 Å². The Morgan fingerprint density at radius 1 is 1.39 bits per heavy atom. The first-order valence-corrected chi connectivity index (χ1v) is 6.10. The van der Waals surface area contributed by atoms with Crippen LogP contribution in [0.5, 0.6) is 0 Å². The number of benzene rings is 1. The largest absolute Gasteiger partial charge is 0.318 e. The van der Waals surface area contributed by atoms with Crippen LogP contribution in [0.4, 0.5) is 5.69 Å². The van der Waals surface area contributed by atoms with Gasteiger partial charge in [-0.2, -0.15) is 0 Å². The number of carbonyl (C=O) groups excluding carboxylic acids is 1. The predicted octanol–water partition coefficient (Wildman–Crippen LogP) is 2.59. The Morgan fingerprint density at radius 3 is 2.89 bits per heavy atom. The molecule has 0 aliphatic heterocycles. The van der Waals surface area contributed by atoms with E-state index in [9.17, 15) is 4.79 Å². The van der Waals surface area contributed by atoms with Crippen molar-refractivity contribution in [3.05, 3.63) is 40.9 Å². The first-order valence-electron chi connectivity index (χ1n) is 5.72. The molecule has 1 aromatic heterocycles. The number of hydrogen-bond donors (Lipinski definition) is 2. The molecule has 1 aliphatic carbocycles. The Labute approximate surface area is 109 Å². The number of nitrogens with one attached hydrogen (secondary N) is 2. The molecular weight excluding hydrogens is 252 g/mol. The average molecular weight is 263 g/mol. The molecule has 18 heavy (non-hydrogen) atoms. The monoisotopic (exact) mass is 262 g/mol. The number of anilines is 1. The van der Waals surface area contributed by atoms with Crippen LogP contribution in [0, 0.1) is 0 Å². The molecule has 0 unspecified atom stereocenters. The van der Waals surface area contributed by atoms with Crippen molar-refractivity contribution in [2.24, 2.45) is 0 Å². The molecule has 1 aromatic carbocycles. The normalized spacial score (nSPS) is 14.5. The first kappa shape index (κ1) is 11.2. The molecule has 1 amide bonds. The van der Waals surface area contributed by atoms with Gasteiger partial charge < -0.3 is 5.32 Å². The maximum Gasteiger partial charge on any atom is 0.295 e. The van der Waals surface area contributed by atoms with Crippen molar-refractivity contribution in [3.8, 4) is 0 Å². The van der Waals surface area contributed by atoms with Gasteiger partial charge in [0.25, 0.3) is 5.91 Å². The van der Waals surface area contributed by atoms with Gasteiger partial charge in [0.05, 0.1) is 10.7 Å². The number of aromatic amines is 1. The number of hydrogen-bond acceptors (Lipinski definition) is 3. The molecule has 0 spiro atoms. The van der Waals surface area contributed by atoms with Gasteiger partial charge in [-0.3, -0.25) is 9.89 Å². The minimum Gasteiger partial charge on any atom is -0.318 e. The maximum atomic E-state index is 11.9. The van der Waals surface area contributed by atoms with Gasteiger partial charge in [-0.1, -0.05) is 23.7 Å². The van der Waals surface area contributed by atoms with Crippen molar-refractivity contribution in [1.82, 2.24) is 15.2 Å². The van der Waals surface area contributed by atoms with E-state index in [1.807, 2.05) is 0 Å². The minimum atomic E-state index is -0.355. The summed E-state index contributed by atoms with van der Waals surface area (Å²) in [6, 6.07) is 7.05. The van der Waals surface area contributed by atoms with Crippen molar-refractivity contribution < 1.29 is 4.79 Å². The Bertz CT molecular complexity index is 591. The van der Waals surface area contributed by atoms with E-state index in [-0.39, 0.29) is 11.7 Å². The summed E-state index contributed by atoms with van der Waals surface area (Å²) in [4.78, 5) is 16.1. The van der Waals surface area contributed by atoms with Gasteiger partial charge in [-0.05, 0) is 25.0 Å². The van der Waals surface area contributed by atoms with Crippen LogP contribution in [0.2, 0.25) is 5.02 Å². The third-order valence-electron chi connectivity index (χ3n) is 2.79. The highest BCUT2D eigenvalue weighted by Gasteiger charge is 2.28. The number of rotatable bonds is 3. The standard InChI is InChI=1S/C12H11ClN4O/c13-8-3-1-2-4-9(8)14-12(18)11-15-10(16-17-11)7-5-6-7/h1-4,7H,5-6H2,(H,14,18)(H,15,16,17). The van der Waals surface area contributed by atoms with Crippen LogP contribution in [-0.4, -0.2) is 21.1 Å². The lowest BCUT2D eigenvalue weighted by Crippen LogP contribution is -2.14. The van der Waals surface area contributed by atoms with Crippen molar-refractivity contribution in [2.75, 3.05) is 5.32 Å². The summed E-state index contributed by atoms with van der Waals surface area (Å²) < 4.78 is 0. The molecule has 5 nitrogen and oxygen atoms in total. The molecule has 2 N–H and O–H groups in total. The average Bonchev–Trinajstić information content (AvgIpc) is 3.10. The highest BCUT2D eigenvalue weighted by Crippen LogP contribution is 2.37. The lowest BCUT2D eigenvalue weighted by molar-refractivity contribution is 0.101. The molecule has 0 saturated heterocycles. The lowest BCUT2D eigenvalue weighted by Gasteiger charge is -2.03. The van der Waals surface area contributed by atoms with E-state index < -0.39 is 0 Å². The number of nitrogens with zero attached hydrogens (tertiary/aromatic N) is 2. The van der Waals surface area contributed by atoms with Gasteiger partial charge in [-0.15, -0.1) is 5.10 Å². The minimum absolute atomic E-state index is 0.150. The van der Waals surface area contributed by atoms with E-state index in [1.165, 1.54) is 0 Å². The fourth-order valence-corrected chi connectivity index (χ4v) is 1.84.